The zero-order valence-electron chi connectivity index (χ0n) is 13.9. The highest BCUT2D eigenvalue weighted by Gasteiger charge is 2.27. The van der Waals surface area contributed by atoms with E-state index in [1.54, 1.807) is 13.4 Å². The smallest absolute Gasteiger partial charge is 0.227 e. The lowest BCUT2D eigenvalue weighted by atomic mass is 10.1. The monoisotopic (exact) mass is 324 g/mol. The Bertz CT molecular complexity index is 893. The van der Waals surface area contributed by atoms with E-state index in [0.717, 1.165) is 35.4 Å². The first-order valence-corrected chi connectivity index (χ1v) is 8.16. The van der Waals surface area contributed by atoms with E-state index in [-0.39, 0.29) is 11.9 Å². The number of aromatic nitrogens is 1. The summed E-state index contributed by atoms with van der Waals surface area (Å²) in [4.78, 5) is 14.8. The topological polar surface area (TPSA) is 47.6 Å². The first kappa shape index (κ1) is 14.9. The molecular weight excluding hydrogens is 304 g/mol. The van der Waals surface area contributed by atoms with Crippen LogP contribution in [0.4, 0.5) is 0 Å². The Balaban J connectivity index is 1.56. The Kier molecular flexibility index (Phi) is 3.56. The average molecular weight is 324 g/mol. The number of carbonyl (C=O) groups is 1. The van der Waals surface area contributed by atoms with Crippen molar-refractivity contribution in [1.82, 2.24) is 9.47 Å². The second-order valence-corrected chi connectivity index (χ2v) is 6.19. The molecule has 0 unspecified atom stereocenters. The molecule has 5 nitrogen and oxygen atoms in total. The molecule has 0 saturated heterocycles. The summed E-state index contributed by atoms with van der Waals surface area (Å²) in [6, 6.07) is 9.91. The van der Waals surface area contributed by atoms with Crippen molar-refractivity contribution < 1.29 is 13.9 Å². The first-order valence-electron chi connectivity index (χ1n) is 8.16. The third-order valence-electron chi connectivity index (χ3n) is 4.87. The van der Waals surface area contributed by atoms with Crippen molar-refractivity contribution in [3.63, 3.8) is 0 Å². The number of nitrogens with zero attached hydrogens (tertiary/aromatic N) is 2. The van der Waals surface area contributed by atoms with E-state index in [2.05, 4.69) is 23.8 Å². The van der Waals surface area contributed by atoms with Crippen molar-refractivity contribution in [2.75, 3.05) is 13.7 Å². The van der Waals surface area contributed by atoms with Crippen LogP contribution in [0.3, 0.4) is 0 Å². The summed E-state index contributed by atoms with van der Waals surface area (Å²) in [5.74, 6) is 0.883. The molecule has 124 valence electrons. The van der Waals surface area contributed by atoms with Gasteiger partial charge in [0.1, 0.15) is 11.3 Å². The Morgan fingerprint density at radius 3 is 3.04 bits per heavy atom. The molecule has 4 rings (SSSR count). The fourth-order valence-corrected chi connectivity index (χ4v) is 3.51. The number of fused-ring (bicyclic) bond motifs is 2. The normalized spacial score (nSPS) is 17.1. The molecule has 1 atom stereocenters. The molecule has 0 bridgehead atoms. The number of hydrogen-bond acceptors (Lipinski definition) is 3. The first-order chi connectivity index (χ1) is 11.7. The fourth-order valence-electron chi connectivity index (χ4n) is 3.51. The molecule has 24 heavy (non-hydrogen) atoms. The summed E-state index contributed by atoms with van der Waals surface area (Å²) in [6.45, 7) is 3.67. The predicted octanol–water partition coefficient (Wildman–Crippen LogP) is 3.39. The van der Waals surface area contributed by atoms with Gasteiger partial charge >= 0.3 is 0 Å². The largest absolute Gasteiger partial charge is 0.497 e. The highest BCUT2D eigenvalue weighted by Crippen LogP contribution is 2.29. The van der Waals surface area contributed by atoms with Gasteiger partial charge < -0.3 is 18.6 Å². The highest BCUT2D eigenvalue weighted by atomic mass is 16.5. The van der Waals surface area contributed by atoms with E-state index in [1.807, 2.05) is 29.2 Å². The molecule has 5 heteroatoms. The third kappa shape index (κ3) is 2.37. The second-order valence-electron chi connectivity index (χ2n) is 6.19. The fraction of sp³-hybridized carbons (Fsp3) is 0.316. The van der Waals surface area contributed by atoms with Gasteiger partial charge in [0.2, 0.25) is 5.91 Å². The number of carbonyl (C=O) groups excluding carboxylic acids is 1. The average Bonchev–Trinajstić information content (AvgIpc) is 3.22. The van der Waals surface area contributed by atoms with Crippen molar-refractivity contribution in [1.29, 1.82) is 0 Å². The Labute approximate surface area is 140 Å². The maximum atomic E-state index is 12.8. The van der Waals surface area contributed by atoms with Crippen LogP contribution < -0.4 is 4.74 Å². The molecule has 3 aromatic rings. The molecule has 0 aliphatic carbocycles. The number of ether oxygens (including phenoxy) is 1. The quantitative estimate of drug-likeness (QED) is 0.742. The van der Waals surface area contributed by atoms with Crippen LogP contribution in [0.1, 0.15) is 24.2 Å². The molecule has 3 heterocycles. The van der Waals surface area contributed by atoms with Crippen LogP contribution in [0.5, 0.6) is 5.75 Å². The van der Waals surface area contributed by atoms with Gasteiger partial charge in [-0.05, 0) is 31.2 Å². The lowest BCUT2D eigenvalue weighted by molar-refractivity contribution is -0.133. The number of rotatable bonds is 3. The Morgan fingerprint density at radius 1 is 1.33 bits per heavy atom. The van der Waals surface area contributed by atoms with Crippen molar-refractivity contribution in [2.45, 2.75) is 25.9 Å². The SMILES string of the molecule is COc1ccc2c(CC(=O)N3CCn4cccc4[C@@H]3C)coc2c1. The standard InChI is InChI=1S/C19H20N2O3/c1-13-17-4-3-7-20(17)8-9-21(13)19(22)10-14-12-24-18-11-15(23-2)5-6-16(14)18/h3-7,11-13H,8-10H2,1-2H3/t13-/m0/s1. The number of furan rings is 1. The van der Waals surface area contributed by atoms with Crippen LogP contribution in [0.2, 0.25) is 0 Å². The highest BCUT2D eigenvalue weighted by molar-refractivity contribution is 5.88. The van der Waals surface area contributed by atoms with Crippen molar-refractivity contribution >= 4 is 16.9 Å². The van der Waals surface area contributed by atoms with Crippen LogP contribution >= 0.6 is 0 Å². The summed E-state index contributed by atoms with van der Waals surface area (Å²) in [5.41, 5.74) is 2.86. The molecule has 0 N–H and O–H groups in total. The molecule has 1 aliphatic rings. The van der Waals surface area contributed by atoms with Crippen LogP contribution in [-0.2, 0) is 17.8 Å². The number of methoxy groups -OCH3 is 1. The maximum Gasteiger partial charge on any atom is 0.227 e. The lowest BCUT2D eigenvalue weighted by Crippen LogP contribution is -2.41. The van der Waals surface area contributed by atoms with E-state index in [1.165, 1.54) is 5.69 Å². The number of hydrogen-bond donors (Lipinski definition) is 0. The molecule has 0 saturated carbocycles. The molecule has 0 fully saturated rings. The second kappa shape index (κ2) is 5.74. The van der Waals surface area contributed by atoms with Gasteiger partial charge in [0.05, 0.1) is 25.8 Å². The predicted molar refractivity (Wildman–Crippen MR) is 91.0 cm³/mol. The zero-order chi connectivity index (χ0) is 16.7. The maximum absolute atomic E-state index is 12.8. The van der Waals surface area contributed by atoms with Crippen molar-refractivity contribution in [3.05, 3.63) is 54.0 Å². The van der Waals surface area contributed by atoms with Gasteiger partial charge in [0.15, 0.2) is 0 Å². The van der Waals surface area contributed by atoms with Crippen LogP contribution in [0.15, 0.2) is 47.2 Å². The minimum absolute atomic E-state index is 0.0968. The molecule has 1 aliphatic heterocycles. The number of amides is 1. The van der Waals surface area contributed by atoms with E-state index < -0.39 is 0 Å². The minimum Gasteiger partial charge on any atom is -0.497 e. The molecule has 1 amide bonds. The number of benzene rings is 1. The van der Waals surface area contributed by atoms with Crippen molar-refractivity contribution in [3.8, 4) is 5.75 Å². The summed E-state index contributed by atoms with van der Waals surface area (Å²) in [5, 5.41) is 0.970. The summed E-state index contributed by atoms with van der Waals surface area (Å²) in [7, 11) is 1.63. The summed E-state index contributed by atoms with van der Waals surface area (Å²) >= 11 is 0. The minimum atomic E-state index is 0.0968. The van der Waals surface area contributed by atoms with E-state index in [0.29, 0.717) is 6.42 Å². The lowest BCUT2D eigenvalue weighted by Gasteiger charge is -2.35. The van der Waals surface area contributed by atoms with Gasteiger partial charge in [-0.25, -0.2) is 0 Å². The van der Waals surface area contributed by atoms with E-state index >= 15 is 0 Å². The molecule has 0 spiro atoms. The van der Waals surface area contributed by atoms with Crippen LogP contribution in [0, 0.1) is 0 Å². The van der Waals surface area contributed by atoms with Crippen molar-refractivity contribution in [2.24, 2.45) is 0 Å². The zero-order valence-corrected chi connectivity index (χ0v) is 13.9. The third-order valence-corrected chi connectivity index (χ3v) is 4.87. The van der Waals surface area contributed by atoms with Gasteiger partial charge in [-0.2, -0.15) is 0 Å². The van der Waals surface area contributed by atoms with Crippen LogP contribution in [0.25, 0.3) is 11.0 Å². The van der Waals surface area contributed by atoms with Gasteiger partial charge in [-0.3, -0.25) is 4.79 Å². The molecule has 2 aromatic heterocycles. The van der Waals surface area contributed by atoms with Crippen LogP contribution in [-0.4, -0.2) is 29.0 Å². The van der Waals surface area contributed by atoms with E-state index in [4.69, 9.17) is 9.15 Å². The molecule has 0 radical (unpaired) electrons. The molecule has 1 aromatic carbocycles. The van der Waals surface area contributed by atoms with Gasteiger partial charge in [0.25, 0.3) is 0 Å². The Morgan fingerprint density at radius 2 is 2.21 bits per heavy atom. The Hall–Kier alpha value is -2.69. The van der Waals surface area contributed by atoms with Gasteiger partial charge in [-0.1, -0.05) is 0 Å². The summed E-state index contributed by atoms with van der Waals surface area (Å²) in [6.07, 6.45) is 4.11. The van der Waals surface area contributed by atoms with Gasteiger partial charge in [-0.15, -0.1) is 0 Å². The molecular formula is C19H20N2O3. The van der Waals surface area contributed by atoms with E-state index in [9.17, 15) is 4.79 Å². The summed E-state index contributed by atoms with van der Waals surface area (Å²) < 4.78 is 13.0. The van der Waals surface area contributed by atoms with Gasteiger partial charge in [0, 0.05) is 42.0 Å².